The van der Waals surface area contributed by atoms with Crippen molar-refractivity contribution in [1.29, 1.82) is 0 Å². The van der Waals surface area contributed by atoms with E-state index in [-0.39, 0.29) is 0 Å². The molecule has 0 amide bonds. The van der Waals surface area contributed by atoms with Crippen molar-refractivity contribution >= 4 is 43.7 Å². The molecule has 0 aliphatic heterocycles. The third-order valence-electron chi connectivity index (χ3n) is 3.80. The van der Waals surface area contributed by atoms with Crippen LogP contribution in [0.2, 0.25) is 0 Å². The maximum absolute atomic E-state index is 4.74. The Morgan fingerprint density at radius 1 is 1.08 bits per heavy atom. The number of thiazole rings is 1. The lowest BCUT2D eigenvalue weighted by atomic mass is 10.2. The van der Waals surface area contributed by atoms with Gasteiger partial charge in [-0.05, 0) is 55.8 Å². The first-order valence-corrected chi connectivity index (χ1v) is 9.21. The van der Waals surface area contributed by atoms with E-state index in [2.05, 4.69) is 61.3 Å². The Kier molecular flexibility index (Phi) is 3.86. The van der Waals surface area contributed by atoms with E-state index in [0.717, 1.165) is 38.0 Å². The van der Waals surface area contributed by atoms with Crippen LogP contribution in [-0.4, -0.2) is 14.4 Å². The summed E-state index contributed by atoms with van der Waals surface area (Å²) in [6.07, 6.45) is 2.06. The lowest BCUT2D eigenvalue weighted by molar-refractivity contribution is 1.16. The van der Waals surface area contributed by atoms with Crippen LogP contribution in [0.4, 0.5) is 10.8 Å². The molecule has 0 saturated heterocycles. The minimum Gasteiger partial charge on any atom is -0.332 e. The summed E-state index contributed by atoms with van der Waals surface area (Å²) < 4.78 is 3.16. The molecule has 0 radical (unpaired) electrons. The minimum absolute atomic E-state index is 0.869. The number of fused-ring (bicyclic) bond motifs is 1. The normalized spacial score (nSPS) is 11.1. The third kappa shape index (κ3) is 2.83. The standard InChI is InChI=1S/C18H15BrN4S/c1-11-7-8-23-16(9-11)20-12(2)17(23)15-10-24-18(22-15)21-14-5-3-13(19)4-6-14/h3-10H,1-2H3,(H,21,22). The van der Waals surface area contributed by atoms with Gasteiger partial charge in [0.25, 0.3) is 0 Å². The number of halogens is 1. The van der Waals surface area contributed by atoms with Crippen LogP contribution in [-0.2, 0) is 0 Å². The van der Waals surface area contributed by atoms with Crippen LogP contribution < -0.4 is 5.32 Å². The van der Waals surface area contributed by atoms with Gasteiger partial charge in [-0.1, -0.05) is 15.9 Å². The molecule has 24 heavy (non-hydrogen) atoms. The maximum atomic E-state index is 4.74. The zero-order chi connectivity index (χ0) is 16.7. The Hall–Kier alpha value is -2.18. The molecule has 0 spiro atoms. The Bertz CT molecular complexity index is 1020. The molecule has 4 aromatic rings. The van der Waals surface area contributed by atoms with Crippen molar-refractivity contribution in [2.24, 2.45) is 0 Å². The predicted octanol–water partition coefficient (Wildman–Crippen LogP) is 5.58. The fourth-order valence-corrected chi connectivity index (χ4v) is 3.65. The van der Waals surface area contributed by atoms with Gasteiger partial charge in [-0.3, -0.25) is 4.40 Å². The SMILES string of the molecule is Cc1ccn2c(-c3csc(Nc4ccc(Br)cc4)n3)c(C)nc2c1. The molecule has 3 heterocycles. The first-order valence-electron chi connectivity index (χ1n) is 7.54. The van der Waals surface area contributed by atoms with Crippen molar-refractivity contribution in [3.05, 3.63) is 63.7 Å². The molecule has 120 valence electrons. The van der Waals surface area contributed by atoms with Crippen molar-refractivity contribution in [3.63, 3.8) is 0 Å². The molecule has 4 rings (SSSR count). The molecular formula is C18H15BrN4S. The zero-order valence-corrected chi connectivity index (χ0v) is 15.6. The Morgan fingerprint density at radius 3 is 2.67 bits per heavy atom. The number of nitrogens with zero attached hydrogens (tertiary/aromatic N) is 3. The van der Waals surface area contributed by atoms with Crippen LogP contribution in [0.3, 0.4) is 0 Å². The number of hydrogen-bond acceptors (Lipinski definition) is 4. The van der Waals surface area contributed by atoms with E-state index in [4.69, 9.17) is 4.98 Å². The quantitative estimate of drug-likeness (QED) is 0.489. The lowest BCUT2D eigenvalue weighted by Gasteiger charge is -2.02. The van der Waals surface area contributed by atoms with Crippen LogP contribution in [0.5, 0.6) is 0 Å². The van der Waals surface area contributed by atoms with Crippen LogP contribution in [0.25, 0.3) is 17.0 Å². The third-order valence-corrected chi connectivity index (χ3v) is 5.08. The first kappa shape index (κ1) is 15.4. The van der Waals surface area contributed by atoms with Crippen LogP contribution >= 0.6 is 27.3 Å². The van der Waals surface area contributed by atoms with Gasteiger partial charge in [0, 0.05) is 21.7 Å². The number of pyridine rings is 1. The second kappa shape index (κ2) is 6.03. The van der Waals surface area contributed by atoms with Crippen molar-refractivity contribution in [2.75, 3.05) is 5.32 Å². The Morgan fingerprint density at radius 2 is 1.88 bits per heavy atom. The maximum Gasteiger partial charge on any atom is 0.187 e. The highest BCUT2D eigenvalue weighted by Gasteiger charge is 2.14. The van der Waals surface area contributed by atoms with Gasteiger partial charge in [-0.25, -0.2) is 9.97 Å². The fourth-order valence-electron chi connectivity index (χ4n) is 2.67. The smallest absolute Gasteiger partial charge is 0.187 e. The molecule has 0 atom stereocenters. The number of aromatic nitrogens is 3. The molecule has 0 fully saturated rings. The van der Waals surface area contributed by atoms with Gasteiger partial charge in [-0.15, -0.1) is 11.3 Å². The largest absolute Gasteiger partial charge is 0.332 e. The molecular weight excluding hydrogens is 384 g/mol. The first-order chi connectivity index (χ1) is 11.6. The molecule has 3 aromatic heterocycles. The van der Waals surface area contributed by atoms with Crippen LogP contribution in [0.15, 0.2) is 52.4 Å². The van der Waals surface area contributed by atoms with E-state index < -0.39 is 0 Å². The highest BCUT2D eigenvalue weighted by molar-refractivity contribution is 9.10. The summed E-state index contributed by atoms with van der Waals surface area (Å²) in [6.45, 7) is 4.10. The molecule has 0 unspecified atom stereocenters. The summed E-state index contributed by atoms with van der Waals surface area (Å²) >= 11 is 5.04. The number of imidazole rings is 1. The molecule has 0 aliphatic rings. The van der Waals surface area contributed by atoms with E-state index in [1.807, 2.05) is 31.2 Å². The molecule has 6 heteroatoms. The van der Waals surface area contributed by atoms with Crippen LogP contribution in [0.1, 0.15) is 11.3 Å². The molecule has 1 aromatic carbocycles. The summed E-state index contributed by atoms with van der Waals surface area (Å²) in [6, 6.07) is 12.2. The summed E-state index contributed by atoms with van der Waals surface area (Å²) in [5.74, 6) is 0. The molecule has 1 N–H and O–H groups in total. The van der Waals surface area contributed by atoms with Crippen LogP contribution in [0, 0.1) is 13.8 Å². The number of nitrogens with one attached hydrogen (secondary N) is 1. The zero-order valence-electron chi connectivity index (χ0n) is 13.2. The Labute approximate surface area is 152 Å². The van der Waals surface area contributed by atoms with Gasteiger partial charge in [0.15, 0.2) is 5.13 Å². The second-order valence-electron chi connectivity index (χ2n) is 5.65. The molecule has 0 saturated carbocycles. The highest BCUT2D eigenvalue weighted by atomic mass is 79.9. The van der Waals surface area contributed by atoms with Gasteiger partial charge >= 0.3 is 0 Å². The van der Waals surface area contributed by atoms with Crippen molar-refractivity contribution < 1.29 is 0 Å². The summed E-state index contributed by atoms with van der Waals surface area (Å²) in [5.41, 5.74) is 6.15. The molecule has 0 bridgehead atoms. The van der Waals surface area contributed by atoms with Crippen molar-refractivity contribution in [3.8, 4) is 11.4 Å². The number of anilines is 2. The minimum atomic E-state index is 0.869. The van der Waals surface area contributed by atoms with Gasteiger partial charge in [0.1, 0.15) is 11.3 Å². The fraction of sp³-hybridized carbons (Fsp3) is 0.111. The van der Waals surface area contributed by atoms with E-state index in [0.29, 0.717) is 0 Å². The average Bonchev–Trinajstić information content (AvgIpc) is 3.12. The highest BCUT2D eigenvalue weighted by Crippen LogP contribution is 2.30. The molecule has 4 nitrogen and oxygen atoms in total. The Balaban J connectivity index is 1.70. The topological polar surface area (TPSA) is 42.2 Å². The second-order valence-corrected chi connectivity index (χ2v) is 7.42. The van der Waals surface area contributed by atoms with E-state index >= 15 is 0 Å². The van der Waals surface area contributed by atoms with E-state index in [9.17, 15) is 0 Å². The summed E-state index contributed by atoms with van der Waals surface area (Å²) in [5, 5.41) is 6.28. The van der Waals surface area contributed by atoms with E-state index in [1.165, 1.54) is 5.56 Å². The number of aryl methyl sites for hydroxylation is 2. The molecule has 0 aliphatic carbocycles. The number of rotatable bonds is 3. The number of benzene rings is 1. The van der Waals surface area contributed by atoms with Gasteiger partial charge < -0.3 is 5.32 Å². The summed E-state index contributed by atoms with van der Waals surface area (Å²) in [7, 11) is 0. The lowest BCUT2D eigenvalue weighted by Crippen LogP contribution is -1.92. The van der Waals surface area contributed by atoms with Crippen molar-refractivity contribution in [1.82, 2.24) is 14.4 Å². The monoisotopic (exact) mass is 398 g/mol. The summed E-state index contributed by atoms with van der Waals surface area (Å²) in [4.78, 5) is 9.39. The predicted molar refractivity (Wildman–Crippen MR) is 103 cm³/mol. The van der Waals surface area contributed by atoms with Gasteiger partial charge in [-0.2, -0.15) is 0 Å². The van der Waals surface area contributed by atoms with Crippen molar-refractivity contribution in [2.45, 2.75) is 13.8 Å². The van der Waals surface area contributed by atoms with E-state index in [1.54, 1.807) is 11.3 Å². The van der Waals surface area contributed by atoms with Gasteiger partial charge in [0.2, 0.25) is 0 Å². The van der Waals surface area contributed by atoms with Gasteiger partial charge in [0.05, 0.1) is 11.4 Å². The number of hydrogen-bond donors (Lipinski definition) is 1. The average molecular weight is 399 g/mol.